The average Bonchev–Trinajstić information content (AvgIpc) is 3.05. The van der Waals surface area contributed by atoms with Crippen LogP contribution in [-0.2, 0) is 24.1 Å². The summed E-state index contributed by atoms with van der Waals surface area (Å²) in [6.07, 6.45) is 4.73. The maximum Gasteiger partial charge on any atom is 0.319 e. The Morgan fingerprint density at radius 2 is 2.08 bits per heavy atom. The molecule has 26 heavy (non-hydrogen) atoms. The first-order chi connectivity index (χ1) is 12.4. The molecule has 2 radical (unpaired) electrons. The third-order valence-electron chi connectivity index (χ3n) is 4.85. The van der Waals surface area contributed by atoms with E-state index in [4.69, 9.17) is 7.85 Å². The van der Waals surface area contributed by atoms with Crippen LogP contribution in [0.1, 0.15) is 16.7 Å². The number of anilines is 1. The molecule has 2 aliphatic rings. The lowest BCUT2D eigenvalue weighted by Gasteiger charge is -2.22. The molecule has 3 amide bonds. The number of fused-ring (bicyclic) bond motifs is 1. The number of pyridine rings is 1. The predicted molar refractivity (Wildman–Crippen MR) is 99.3 cm³/mol. The van der Waals surface area contributed by atoms with Crippen LogP contribution in [0.2, 0.25) is 0 Å². The number of hydrogen-bond donors (Lipinski definition) is 3. The number of amides is 3. The number of hydrogen-bond acceptors (Lipinski definition) is 3. The first kappa shape index (κ1) is 16.4. The molecule has 1 aromatic carbocycles. The van der Waals surface area contributed by atoms with Crippen LogP contribution in [0.15, 0.2) is 48.9 Å². The van der Waals surface area contributed by atoms with Crippen LogP contribution < -0.4 is 21.4 Å². The topological polar surface area (TPSA) is 83.1 Å². The number of nitrogens with zero attached hydrogens (tertiary/aromatic N) is 1. The van der Waals surface area contributed by atoms with Gasteiger partial charge >= 0.3 is 6.03 Å². The molecule has 3 N–H and O–H groups in total. The van der Waals surface area contributed by atoms with E-state index >= 15 is 0 Å². The van der Waals surface area contributed by atoms with Crippen molar-refractivity contribution in [2.24, 2.45) is 0 Å². The summed E-state index contributed by atoms with van der Waals surface area (Å²) in [5, 5.41) is 8.61. The van der Waals surface area contributed by atoms with Crippen molar-refractivity contribution in [3.63, 3.8) is 0 Å². The molecule has 0 saturated carbocycles. The fourth-order valence-electron chi connectivity index (χ4n) is 3.63. The number of benzene rings is 1. The van der Waals surface area contributed by atoms with Crippen LogP contribution in [0.3, 0.4) is 0 Å². The zero-order chi connectivity index (χ0) is 18.3. The number of nitrogens with one attached hydrogen (secondary N) is 3. The lowest BCUT2D eigenvalue weighted by atomic mass is 9.94. The second-order valence-corrected chi connectivity index (χ2v) is 6.83. The molecular formula is C19H17BN4O2. The second kappa shape index (κ2) is 6.02. The molecule has 1 atom stereocenters. The van der Waals surface area contributed by atoms with Crippen molar-refractivity contribution in [3.05, 3.63) is 65.6 Å². The summed E-state index contributed by atoms with van der Waals surface area (Å²) in [7, 11) is 5.69. The summed E-state index contributed by atoms with van der Waals surface area (Å²) in [6, 6.07) is 7.34. The molecule has 1 saturated heterocycles. The van der Waals surface area contributed by atoms with E-state index in [-0.39, 0.29) is 18.4 Å². The van der Waals surface area contributed by atoms with Crippen LogP contribution in [0.25, 0.3) is 0 Å². The smallest absolute Gasteiger partial charge is 0.319 e. The summed E-state index contributed by atoms with van der Waals surface area (Å²) in [4.78, 5) is 27.9. The van der Waals surface area contributed by atoms with Gasteiger partial charge in [-0.05, 0) is 28.8 Å². The van der Waals surface area contributed by atoms with Crippen LogP contribution in [0.5, 0.6) is 0 Å². The van der Waals surface area contributed by atoms with Crippen molar-refractivity contribution in [3.8, 4) is 0 Å². The predicted octanol–water partition coefficient (Wildman–Crippen LogP) is 0.720. The minimum Gasteiger partial charge on any atom is -0.326 e. The molecule has 7 heteroatoms. The van der Waals surface area contributed by atoms with Gasteiger partial charge in [-0.15, -0.1) is 0 Å². The molecular weight excluding hydrogens is 327 g/mol. The standard InChI is InChI=1S/C19H17BN4O2/c1-11-19(24-18(26)22-11)7-13-2-3-16(6-14(13)8-19)23-17(25)5-12-4-15(20)10-21-9-12/h2-4,6,9-10H,1,5,7-8H2,(H,23,25)(H2,22,24,26). The Bertz CT molecular complexity index is 943. The number of rotatable bonds is 3. The SMILES string of the molecule is [B]c1cncc(CC(=O)Nc2ccc3c(c2)CC2(C3)NC(=O)NC2=C)c1. The fraction of sp³-hybridized carbons (Fsp3) is 0.211. The Balaban J connectivity index is 1.47. The minimum atomic E-state index is -0.463. The van der Waals surface area contributed by atoms with Crippen molar-refractivity contribution in [2.45, 2.75) is 24.8 Å². The largest absolute Gasteiger partial charge is 0.326 e. The number of aromatic nitrogens is 1. The minimum absolute atomic E-state index is 0.134. The fourth-order valence-corrected chi connectivity index (χ4v) is 3.63. The summed E-state index contributed by atoms with van der Waals surface area (Å²) in [5.41, 5.74) is 4.50. The highest BCUT2D eigenvalue weighted by molar-refractivity contribution is 6.32. The maximum atomic E-state index is 12.3. The normalized spacial score (nSPS) is 20.6. The van der Waals surface area contributed by atoms with Gasteiger partial charge in [0, 0.05) is 36.6 Å². The second-order valence-electron chi connectivity index (χ2n) is 6.83. The molecule has 2 aromatic rings. The van der Waals surface area contributed by atoms with E-state index in [2.05, 4.69) is 27.5 Å². The monoisotopic (exact) mass is 344 g/mol. The third-order valence-corrected chi connectivity index (χ3v) is 4.85. The van der Waals surface area contributed by atoms with Crippen LogP contribution >= 0.6 is 0 Å². The number of carbonyl (C=O) groups is 2. The lowest BCUT2D eigenvalue weighted by molar-refractivity contribution is -0.115. The van der Waals surface area contributed by atoms with Crippen molar-refractivity contribution in [2.75, 3.05) is 5.32 Å². The molecule has 1 aliphatic carbocycles. The quantitative estimate of drug-likeness (QED) is 0.718. The molecule has 1 aliphatic heterocycles. The summed E-state index contributed by atoms with van der Waals surface area (Å²) in [5.74, 6) is -0.134. The van der Waals surface area contributed by atoms with Crippen molar-refractivity contribution in [1.82, 2.24) is 15.6 Å². The Kier molecular flexibility index (Phi) is 3.79. The first-order valence-electron chi connectivity index (χ1n) is 8.33. The Labute approximate surface area is 152 Å². The summed E-state index contributed by atoms with van der Waals surface area (Å²) >= 11 is 0. The van der Waals surface area contributed by atoms with Gasteiger partial charge in [-0.3, -0.25) is 9.78 Å². The Hall–Kier alpha value is -3.09. The Morgan fingerprint density at radius 1 is 1.27 bits per heavy atom. The molecule has 1 aromatic heterocycles. The van der Waals surface area contributed by atoms with Crippen molar-refractivity contribution in [1.29, 1.82) is 0 Å². The first-order valence-corrected chi connectivity index (χ1v) is 8.33. The Morgan fingerprint density at radius 3 is 2.81 bits per heavy atom. The number of urea groups is 1. The molecule has 4 rings (SSSR count). The zero-order valence-electron chi connectivity index (χ0n) is 14.1. The zero-order valence-corrected chi connectivity index (χ0v) is 14.1. The molecule has 128 valence electrons. The number of carbonyl (C=O) groups excluding carboxylic acids is 2. The van der Waals surface area contributed by atoms with Gasteiger partial charge in [0.1, 0.15) is 7.85 Å². The van der Waals surface area contributed by atoms with Gasteiger partial charge in [-0.25, -0.2) is 4.79 Å². The van der Waals surface area contributed by atoms with E-state index < -0.39 is 5.54 Å². The van der Waals surface area contributed by atoms with E-state index in [1.54, 1.807) is 18.5 Å². The lowest BCUT2D eigenvalue weighted by Crippen LogP contribution is -2.42. The molecule has 2 heterocycles. The maximum absolute atomic E-state index is 12.3. The van der Waals surface area contributed by atoms with E-state index in [9.17, 15) is 9.59 Å². The van der Waals surface area contributed by atoms with Crippen molar-refractivity contribution < 1.29 is 9.59 Å². The van der Waals surface area contributed by atoms with E-state index in [0.717, 1.165) is 22.4 Å². The van der Waals surface area contributed by atoms with Gasteiger partial charge in [0.2, 0.25) is 5.91 Å². The van der Waals surface area contributed by atoms with Gasteiger partial charge in [-0.2, -0.15) is 0 Å². The van der Waals surface area contributed by atoms with Gasteiger partial charge in [0.15, 0.2) is 0 Å². The molecule has 6 nitrogen and oxygen atoms in total. The van der Waals surface area contributed by atoms with Crippen LogP contribution in [-0.4, -0.2) is 30.3 Å². The van der Waals surface area contributed by atoms with E-state index in [1.165, 1.54) is 0 Å². The van der Waals surface area contributed by atoms with Gasteiger partial charge in [0.05, 0.1) is 12.0 Å². The van der Waals surface area contributed by atoms with Crippen LogP contribution in [0.4, 0.5) is 10.5 Å². The molecule has 1 spiro atoms. The van der Waals surface area contributed by atoms with Gasteiger partial charge in [0.25, 0.3) is 0 Å². The van der Waals surface area contributed by atoms with E-state index in [1.807, 2.05) is 18.2 Å². The third kappa shape index (κ3) is 2.96. The van der Waals surface area contributed by atoms with Crippen molar-refractivity contribution >= 4 is 30.9 Å². The molecule has 0 bridgehead atoms. The van der Waals surface area contributed by atoms with Crippen LogP contribution in [0, 0.1) is 0 Å². The molecule has 1 fully saturated rings. The van der Waals surface area contributed by atoms with E-state index in [0.29, 0.717) is 24.0 Å². The highest BCUT2D eigenvalue weighted by Crippen LogP contribution is 2.37. The average molecular weight is 344 g/mol. The van der Waals surface area contributed by atoms with Gasteiger partial charge in [-0.1, -0.05) is 24.2 Å². The summed E-state index contributed by atoms with van der Waals surface area (Å²) in [6.45, 7) is 3.97. The summed E-state index contributed by atoms with van der Waals surface area (Å²) < 4.78 is 0. The van der Waals surface area contributed by atoms with Gasteiger partial charge < -0.3 is 16.0 Å². The highest BCUT2D eigenvalue weighted by atomic mass is 16.2. The highest BCUT2D eigenvalue weighted by Gasteiger charge is 2.45. The molecule has 1 unspecified atom stereocenters.